The molecule has 1 aliphatic carbocycles. The second-order valence-corrected chi connectivity index (χ2v) is 5.86. The fraction of sp³-hybridized carbons (Fsp3) is 0.600. The molecule has 4 heteroatoms. The molecule has 1 saturated heterocycles. The molecule has 1 amide bonds. The van der Waals surface area contributed by atoms with Crippen LogP contribution in [0.15, 0.2) is 18.3 Å². The van der Waals surface area contributed by atoms with Gasteiger partial charge >= 0.3 is 0 Å². The van der Waals surface area contributed by atoms with Crippen LogP contribution in [-0.4, -0.2) is 28.9 Å². The van der Waals surface area contributed by atoms with Crippen molar-refractivity contribution in [3.05, 3.63) is 24.0 Å². The average molecular weight is 259 g/mol. The summed E-state index contributed by atoms with van der Waals surface area (Å²) in [7, 11) is 0. The summed E-state index contributed by atoms with van der Waals surface area (Å²) in [5.74, 6) is 1.71. The van der Waals surface area contributed by atoms with E-state index >= 15 is 0 Å². The number of rotatable bonds is 2. The maximum Gasteiger partial charge on any atom is 0.228 e. The van der Waals surface area contributed by atoms with Crippen LogP contribution in [0.4, 0.5) is 5.69 Å². The van der Waals surface area contributed by atoms with Gasteiger partial charge in [-0.1, -0.05) is 12.8 Å². The number of fused-ring (bicyclic) bond motifs is 1. The van der Waals surface area contributed by atoms with Crippen molar-refractivity contribution in [2.24, 2.45) is 11.8 Å². The summed E-state index contributed by atoms with van der Waals surface area (Å²) >= 11 is 0. The van der Waals surface area contributed by atoms with Gasteiger partial charge in [0.2, 0.25) is 5.91 Å². The number of likely N-dealkylation sites (tertiary alicyclic amines) is 1. The predicted octanol–water partition coefficient (Wildman–Crippen LogP) is 1.85. The highest BCUT2D eigenvalue weighted by molar-refractivity contribution is 5.78. The van der Waals surface area contributed by atoms with Gasteiger partial charge in [-0.3, -0.25) is 9.78 Å². The fourth-order valence-electron chi connectivity index (χ4n) is 3.42. The first kappa shape index (κ1) is 12.5. The van der Waals surface area contributed by atoms with Gasteiger partial charge in [-0.05, 0) is 36.8 Å². The standard InChI is InChI=1S/C15H21N3O/c16-13-5-6-14(17-8-13)7-15(19)18-9-11-3-1-2-4-12(11)10-18/h5-6,8,11-12H,1-4,7,9-10,16H2. The molecular formula is C15H21N3O. The van der Waals surface area contributed by atoms with Crippen LogP contribution in [0.1, 0.15) is 31.4 Å². The Bertz CT molecular complexity index is 443. The SMILES string of the molecule is Nc1ccc(CC(=O)N2CC3CCCCC3C2)nc1. The first-order valence-corrected chi connectivity index (χ1v) is 7.20. The Kier molecular flexibility index (Phi) is 3.40. The zero-order valence-corrected chi connectivity index (χ0v) is 11.2. The van der Waals surface area contributed by atoms with Gasteiger partial charge in [0.05, 0.1) is 18.3 Å². The molecule has 2 N–H and O–H groups in total. The van der Waals surface area contributed by atoms with Gasteiger partial charge in [-0.25, -0.2) is 0 Å². The Balaban J connectivity index is 1.60. The third-order valence-corrected chi connectivity index (χ3v) is 4.51. The van der Waals surface area contributed by atoms with Gasteiger partial charge < -0.3 is 10.6 Å². The number of nitrogens with two attached hydrogens (primary N) is 1. The van der Waals surface area contributed by atoms with Gasteiger partial charge in [0, 0.05) is 18.8 Å². The molecule has 2 unspecified atom stereocenters. The smallest absolute Gasteiger partial charge is 0.228 e. The molecule has 19 heavy (non-hydrogen) atoms. The third-order valence-electron chi connectivity index (χ3n) is 4.51. The summed E-state index contributed by atoms with van der Waals surface area (Å²) in [6.07, 6.45) is 7.29. The highest BCUT2D eigenvalue weighted by atomic mass is 16.2. The van der Waals surface area contributed by atoms with E-state index in [1.165, 1.54) is 25.7 Å². The summed E-state index contributed by atoms with van der Waals surface area (Å²) in [6, 6.07) is 3.65. The largest absolute Gasteiger partial charge is 0.397 e. The molecule has 102 valence electrons. The van der Waals surface area contributed by atoms with Crippen LogP contribution in [-0.2, 0) is 11.2 Å². The van der Waals surface area contributed by atoms with Crippen molar-refractivity contribution >= 4 is 11.6 Å². The normalized spacial score (nSPS) is 26.2. The number of amides is 1. The number of aromatic nitrogens is 1. The molecule has 1 aliphatic heterocycles. The maximum absolute atomic E-state index is 12.3. The van der Waals surface area contributed by atoms with E-state index in [-0.39, 0.29) is 5.91 Å². The van der Waals surface area contributed by atoms with E-state index in [1.54, 1.807) is 12.3 Å². The fourth-order valence-corrected chi connectivity index (χ4v) is 3.42. The number of carbonyl (C=O) groups is 1. The number of anilines is 1. The summed E-state index contributed by atoms with van der Waals surface area (Å²) in [6.45, 7) is 1.91. The van der Waals surface area contributed by atoms with Crippen molar-refractivity contribution < 1.29 is 4.79 Å². The van der Waals surface area contributed by atoms with Gasteiger partial charge in [0.1, 0.15) is 0 Å². The first-order chi connectivity index (χ1) is 9.22. The Hall–Kier alpha value is -1.58. The zero-order chi connectivity index (χ0) is 13.2. The van der Waals surface area contributed by atoms with Crippen LogP contribution >= 0.6 is 0 Å². The molecule has 1 saturated carbocycles. The van der Waals surface area contributed by atoms with Crippen molar-refractivity contribution in [1.82, 2.24) is 9.88 Å². The van der Waals surface area contributed by atoms with Gasteiger partial charge in [-0.15, -0.1) is 0 Å². The monoisotopic (exact) mass is 259 g/mol. The lowest BCUT2D eigenvalue weighted by Gasteiger charge is -2.22. The highest BCUT2D eigenvalue weighted by Gasteiger charge is 2.36. The molecule has 0 aromatic carbocycles. The van der Waals surface area contributed by atoms with E-state index in [9.17, 15) is 4.79 Å². The van der Waals surface area contributed by atoms with Crippen LogP contribution in [0.2, 0.25) is 0 Å². The second-order valence-electron chi connectivity index (χ2n) is 5.86. The Labute approximate surface area is 114 Å². The summed E-state index contributed by atoms with van der Waals surface area (Å²) in [5.41, 5.74) is 7.06. The topological polar surface area (TPSA) is 59.2 Å². The number of hydrogen-bond acceptors (Lipinski definition) is 3. The lowest BCUT2D eigenvalue weighted by atomic mass is 9.82. The maximum atomic E-state index is 12.3. The molecule has 0 radical (unpaired) electrons. The lowest BCUT2D eigenvalue weighted by molar-refractivity contribution is -0.129. The Morgan fingerprint density at radius 1 is 1.26 bits per heavy atom. The van der Waals surface area contributed by atoms with E-state index in [0.29, 0.717) is 12.1 Å². The van der Waals surface area contributed by atoms with E-state index in [1.807, 2.05) is 11.0 Å². The third kappa shape index (κ3) is 2.72. The minimum atomic E-state index is 0.215. The molecule has 2 heterocycles. The van der Waals surface area contributed by atoms with Gasteiger partial charge in [0.15, 0.2) is 0 Å². The molecule has 3 rings (SSSR count). The van der Waals surface area contributed by atoms with Crippen molar-refractivity contribution in [1.29, 1.82) is 0 Å². The van der Waals surface area contributed by atoms with E-state index in [4.69, 9.17) is 5.73 Å². The van der Waals surface area contributed by atoms with E-state index in [2.05, 4.69) is 4.98 Å². The quantitative estimate of drug-likeness (QED) is 0.882. The van der Waals surface area contributed by atoms with Gasteiger partial charge in [-0.2, -0.15) is 0 Å². The molecule has 1 aromatic rings. The highest BCUT2D eigenvalue weighted by Crippen LogP contribution is 2.36. The molecule has 1 aromatic heterocycles. The molecule has 2 aliphatic rings. The molecule has 0 bridgehead atoms. The van der Waals surface area contributed by atoms with Crippen LogP contribution in [0.25, 0.3) is 0 Å². The summed E-state index contributed by atoms with van der Waals surface area (Å²) in [4.78, 5) is 18.5. The van der Waals surface area contributed by atoms with E-state index < -0.39 is 0 Å². The van der Waals surface area contributed by atoms with Crippen LogP contribution in [0.3, 0.4) is 0 Å². The molecule has 2 atom stereocenters. The second kappa shape index (κ2) is 5.19. The van der Waals surface area contributed by atoms with Crippen molar-refractivity contribution in [2.45, 2.75) is 32.1 Å². The Morgan fingerprint density at radius 2 is 1.95 bits per heavy atom. The molecular weight excluding hydrogens is 238 g/mol. The minimum Gasteiger partial charge on any atom is -0.397 e. The van der Waals surface area contributed by atoms with Crippen molar-refractivity contribution in [3.8, 4) is 0 Å². The average Bonchev–Trinajstić information content (AvgIpc) is 2.85. The minimum absolute atomic E-state index is 0.215. The van der Waals surface area contributed by atoms with Crippen LogP contribution < -0.4 is 5.73 Å². The summed E-state index contributed by atoms with van der Waals surface area (Å²) in [5, 5.41) is 0. The molecule has 0 spiro atoms. The first-order valence-electron chi connectivity index (χ1n) is 7.20. The van der Waals surface area contributed by atoms with Crippen molar-refractivity contribution in [2.75, 3.05) is 18.8 Å². The number of nitrogens with zero attached hydrogens (tertiary/aromatic N) is 2. The zero-order valence-electron chi connectivity index (χ0n) is 11.2. The molecule has 2 fully saturated rings. The van der Waals surface area contributed by atoms with Crippen LogP contribution in [0.5, 0.6) is 0 Å². The van der Waals surface area contributed by atoms with Gasteiger partial charge in [0.25, 0.3) is 0 Å². The predicted molar refractivity (Wildman–Crippen MR) is 74.4 cm³/mol. The lowest BCUT2D eigenvalue weighted by Crippen LogP contribution is -2.30. The number of carbonyl (C=O) groups excluding carboxylic acids is 1. The number of hydrogen-bond donors (Lipinski definition) is 1. The summed E-state index contributed by atoms with van der Waals surface area (Å²) < 4.78 is 0. The number of pyridine rings is 1. The Morgan fingerprint density at radius 3 is 2.53 bits per heavy atom. The molecule has 4 nitrogen and oxygen atoms in total. The number of nitrogen functional groups attached to an aromatic ring is 1. The van der Waals surface area contributed by atoms with Crippen LogP contribution in [0, 0.1) is 11.8 Å². The van der Waals surface area contributed by atoms with E-state index in [0.717, 1.165) is 30.6 Å². The van der Waals surface area contributed by atoms with Crippen molar-refractivity contribution in [3.63, 3.8) is 0 Å².